The van der Waals surface area contributed by atoms with Gasteiger partial charge in [0.15, 0.2) is 0 Å². The lowest BCUT2D eigenvalue weighted by molar-refractivity contribution is 0.474. The van der Waals surface area contributed by atoms with Gasteiger partial charge in [0.2, 0.25) is 0 Å². The van der Waals surface area contributed by atoms with Crippen LogP contribution in [0.5, 0.6) is 11.5 Å². The molecule has 2 bridgehead atoms. The zero-order valence-corrected chi connectivity index (χ0v) is 24.8. The number of phenols is 2. The van der Waals surface area contributed by atoms with E-state index >= 15 is 0 Å². The SMILES string of the molecule is Oc1ccc(C#Cc2c3ccccc3c(C#Cc3ccc(O)cc3)c3cc4c(cc23)C2c3ccccc3C4c3ccccc32)cc1. The van der Waals surface area contributed by atoms with E-state index in [2.05, 4.69) is 109 Å². The van der Waals surface area contributed by atoms with E-state index in [1.807, 2.05) is 24.3 Å². The molecule has 0 saturated heterocycles. The Morgan fingerprint density at radius 3 is 1.07 bits per heavy atom. The van der Waals surface area contributed by atoms with Crippen molar-refractivity contribution in [3.05, 3.63) is 189 Å². The number of fused-ring (bicyclic) bond motifs is 2. The van der Waals surface area contributed by atoms with Crippen LogP contribution in [0.3, 0.4) is 0 Å². The molecule has 10 rings (SSSR count). The van der Waals surface area contributed by atoms with Crippen molar-refractivity contribution in [2.75, 3.05) is 0 Å². The van der Waals surface area contributed by atoms with Gasteiger partial charge in [0.1, 0.15) is 11.5 Å². The minimum Gasteiger partial charge on any atom is -0.508 e. The number of aromatic hydroxyl groups is 2. The molecule has 0 aromatic heterocycles. The summed E-state index contributed by atoms with van der Waals surface area (Å²) in [4.78, 5) is 0. The van der Waals surface area contributed by atoms with E-state index in [1.165, 1.54) is 33.4 Å². The standard InChI is InChI=1S/C44H26O2/c45-29-19-13-27(14-20-29)17-23-33-31-7-1-2-8-32(31)34(24-18-28-15-21-30(46)22-16-28)40-26-42-41(25-39(33)40)43-35-9-3-5-11-37(35)44(42)38-12-6-4-10-36(38)43/h1-16,19-22,25-26,43-46H. The molecule has 0 amide bonds. The maximum atomic E-state index is 9.83. The summed E-state index contributed by atoms with van der Waals surface area (Å²) in [6.07, 6.45) is 0. The van der Waals surface area contributed by atoms with Crippen LogP contribution in [0.1, 0.15) is 67.5 Å². The average Bonchev–Trinajstić information content (AvgIpc) is 3.10. The fourth-order valence-electron chi connectivity index (χ4n) is 7.46. The molecule has 0 spiro atoms. The molecule has 7 aromatic carbocycles. The summed E-state index contributed by atoms with van der Waals surface area (Å²) in [5, 5.41) is 23.9. The van der Waals surface area contributed by atoms with E-state index in [4.69, 9.17) is 0 Å². The first-order valence-electron chi connectivity index (χ1n) is 15.5. The minimum absolute atomic E-state index is 0.146. The van der Waals surface area contributed by atoms with Crippen LogP contribution >= 0.6 is 0 Å². The van der Waals surface area contributed by atoms with Gasteiger partial charge in [0, 0.05) is 34.1 Å². The first-order valence-corrected chi connectivity index (χ1v) is 15.5. The first kappa shape index (κ1) is 26.2. The highest BCUT2D eigenvalue weighted by atomic mass is 16.3. The van der Waals surface area contributed by atoms with Crippen molar-refractivity contribution in [2.24, 2.45) is 0 Å². The summed E-state index contributed by atoms with van der Waals surface area (Å²) in [5.74, 6) is 14.6. The van der Waals surface area contributed by atoms with Gasteiger partial charge in [-0.15, -0.1) is 0 Å². The van der Waals surface area contributed by atoms with Crippen LogP contribution in [0.4, 0.5) is 0 Å². The van der Waals surface area contributed by atoms with E-state index in [0.29, 0.717) is 0 Å². The third-order valence-electron chi connectivity index (χ3n) is 9.48. The Labute approximate surface area is 267 Å². The van der Waals surface area contributed by atoms with Crippen LogP contribution < -0.4 is 0 Å². The van der Waals surface area contributed by atoms with Crippen LogP contribution in [-0.2, 0) is 0 Å². The smallest absolute Gasteiger partial charge is 0.115 e. The largest absolute Gasteiger partial charge is 0.508 e. The Kier molecular flexibility index (Phi) is 5.79. The van der Waals surface area contributed by atoms with E-state index in [1.54, 1.807) is 24.3 Å². The normalized spacial score (nSPS) is 15.2. The topological polar surface area (TPSA) is 40.5 Å². The Bertz CT molecular complexity index is 2280. The lowest BCUT2D eigenvalue weighted by atomic mass is 9.60. The molecule has 2 heteroatoms. The second-order valence-electron chi connectivity index (χ2n) is 12.0. The predicted molar refractivity (Wildman–Crippen MR) is 184 cm³/mol. The Balaban J connectivity index is 1.37. The molecule has 46 heavy (non-hydrogen) atoms. The summed E-state index contributed by atoms with van der Waals surface area (Å²) in [6, 6.07) is 45.0. The van der Waals surface area contributed by atoms with Gasteiger partial charge in [-0.05, 0) is 116 Å². The molecule has 0 heterocycles. The maximum absolute atomic E-state index is 9.83. The summed E-state index contributed by atoms with van der Waals surface area (Å²) in [7, 11) is 0. The van der Waals surface area contributed by atoms with Crippen molar-refractivity contribution in [1.82, 2.24) is 0 Å². The van der Waals surface area contributed by atoms with Gasteiger partial charge in [-0.2, -0.15) is 0 Å². The number of rotatable bonds is 0. The molecule has 0 fully saturated rings. The Morgan fingerprint density at radius 1 is 0.348 bits per heavy atom. The number of hydrogen-bond acceptors (Lipinski definition) is 2. The van der Waals surface area contributed by atoms with Gasteiger partial charge in [-0.1, -0.05) is 96.5 Å². The summed E-state index contributed by atoms with van der Waals surface area (Å²) < 4.78 is 0. The van der Waals surface area contributed by atoms with Gasteiger partial charge in [-0.3, -0.25) is 0 Å². The number of hydrogen-bond donors (Lipinski definition) is 2. The highest BCUT2D eigenvalue weighted by Gasteiger charge is 2.41. The van der Waals surface area contributed by atoms with Crippen molar-refractivity contribution < 1.29 is 10.2 Å². The molecule has 0 unspecified atom stereocenters. The molecule has 2 nitrogen and oxygen atoms in total. The molecule has 3 aliphatic carbocycles. The van der Waals surface area contributed by atoms with Crippen molar-refractivity contribution in [2.45, 2.75) is 11.8 Å². The highest BCUT2D eigenvalue weighted by molar-refractivity contribution is 6.10. The van der Waals surface area contributed by atoms with Crippen molar-refractivity contribution in [3.8, 4) is 35.2 Å². The maximum Gasteiger partial charge on any atom is 0.115 e. The van der Waals surface area contributed by atoms with Crippen molar-refractivity contribution in [3.63, 3.8) is 0 Å². The van der Waals surface area contributed by atoms with Gasteiger partial charge >= 0.3 is 0 Å². The zero-order chi connectivity index (χ0) is 30.8. The lowest BCUT2D eigenvalue weighted by Gasteiger charge is -2.42. The lowest BCUT2D eigenvalue weighted by Crippen LogP contribution is -2.27. The van der Waals surface area contributed by atoms with Crippen LogP contribution in [0.15, 0.2) is 133 Å². The van der Waals surface area contributed by atoms with Crippen LogP contribution in [-0.4, -0.2) is 10.2 Å². The number of phenolic OH excluding ortho intramolecular Hbond substituents is 2. The molecule has 0 radical (unpaired) electrons. The third-order valence-corrected chi connectivity index (χ3v) is 9.48. The van der Waals surface area contributed by atoms with E-state index in [9.17, 15) is 10.2 Å². The molecular formula is C44H26O2. The molecule has 3 aliphatic rings. The second kappa shape index (κ2) is 10.2. The van der Waals surface area contributed by atoms with Gasteiger partial charge in [0.25, 0.3) is 0 Å². The number of benzene rings is 7. The van der Waals surface area contributed by atoms with Crippen LogP contribution in [0, 0.1) is 23.7 Å². The molecule has 214 valence electrons. The predicted octanol–water partition coefficient (Wildman–Crippen LogP) is 9.19. The van der Waals surface area contributed by atoms with Gasteiger partial charge < -0.3 is 10.2 Å². The molecular weight excluding hydrogens is 560 g/mol. The molecule has 0 saturated carbocycles. The zero-order valence-electron chi connectivity index (χ0n) is 24.8. The Morgan fingerprint density at radius 2 is 0.696 bits per heavy atom. The molecule has 0 atom stereocenters. The van der Waals surface area contributed by atoms with Gasteiger partial charge in [-0.25, -0.2) is 0 Å². The van der Waals surface area contributed by atoms with E-state index in [0.717, 1.165) is 43.8 Å². The van der Waals surface area contributed by atoms with E-state index in [-0.39, 0.29) is 23.3 Å². The second-order valence-corrected chi connectivity index (χ2v) is 12.0. The Hall–Kier alpha value is -6.22. The molecule has 7 aromatic rings. The van der Waals surface area contributed by atoms with Gasteiger partial charge in [0.05, 0.1) is 0 Å². The summed E-state index contributed by atoms with van der Waals surface area (Å²) in [6.45, 7) is 0. The minimum atomic E-state index is 0.146. The van der Waals surface area contributed by atoms with Crippen LogP contribution in [0.25, 0.3) is 21.5 Å². The third kappa shape index (κ3) is 4.02. The van der Waals surface area contributed by atoms with Crippen molar-refractivity contribution >= 4 is 21.5 Å². The average molecular weight is 587 g/mol. The fourth-order valence-corrected chi connectivity index (χ4v) is 7.46. The molecule has 0 aliphatic heterocycles. The highest BCUT2D eigenvalue weighted by Crippen LogP contribution is 2.56. The quantitative estimate of drug-likeness (QED) is 0.137. The molecule has 2 N–H and O–H groups in total. The fraction of sp³-hybridized carbons (Fsp3) is 0.0455. The van der Waals surface area contributed by atoms with Crippen molar-refractivity contribution in [1.29, 1.82) is 0 Å². The monoisotopic (exact) mass is 586 g/mol. The summed E-state index contributed by atoms with van der Waals surface area (Å²) >= 11 is 0. The van der Waals surface area contributed by atoms with Crippen LogP contribution in [0.2, 0.25) is 0 Å². The first-order chi connectivity index (χ1) is 22.6. The summed E-state index contributed by atoms with van der Waals surface area (Å²) in [5.41, 5.74) is 11.8. The van der Waals surface area contributed by atoms with E-state index < -0.39 is 0 Å².